The maximum absolute atomic E-state index is 13.0. The molecule has 6 nitrogen and oxygen atoms in total. The summed E-state index contributed by atoms with van der Waals surface area (Å²) >= 11 is 0. The van der Waals surface area contributed by atoms with Crippen LogP contribution in [0.3, 0.4) is 0 Å². The fourth-order valence-corrected chi connectivity index (χ4v) is 3.45. The molecule has 6 heteroatoms. The van der Waals surface area contributed by atoms with Crippen LogP contribution in [0.2, 0.25) is 0 Å². The Labute approximate surface area is 148 Å². The molecule has 2 amide bonds. The number of nitrogens with zero attached hydrogens (tertiary/aromatic N) is 2. The average molecular weight is 343 g/mol. The van der Waals surface area contributed by atoms with Gasteiger partial charge in [0.05, 0.1) is 24.5 Å². The van der Waals surface area contributed by atoms with Crippen LogP contribution in [-0.4, -0.2) is 62.1 Å². The molecule has 0 aliphatic carbocycles. The van der Waals surface area contributed by atoms with E-state index in [2.05, 4.69) is 11.9 Å². The number of rotatable bonds is 4. The number of hydrogen-bond acceptors (Lipinski definition) is 4. The zero-order valence-corrected chi connectivity index (χ0v) is 14.4. The van der Waals surface area contributed by atoms with Crippen LogP contribution in [0.15, 0.2) is 36.9 Å². The van der Waals surface area contributed by atoms with Gasteiger partial charge in [0.1, 0.15) is 0 Å². The molecule has 3 rings (SSSR count). The van der Waals surface area contributed by atoms with Gasteiger partial charge in [-0.05, 0) is 37.6 Å². The summed E-state index contributed by atoms with van der Waals surface area (Å²) in [6.45, 7) is 7.58. The van der Waals surface area contributed by atoms with Crippen molar-refractivity contribution in [3.8, 4) is 0 Å². The van der Waals surface area contributed by atoms with Gasteiger partial charge in [-0.3, -0.25) is 9.59 Å². The van der Waals surface area contributed by atoms with Crippen LogP contribution >= 0.6 is 0 Å². The Morgan fingerprint density at radius 1 is 1.28 bits per heavy atom. The fourth-order valence-electron chi connectivity index (χ4n) is 3.45. The van der Waals surface area contributed by atoms with Crippen LogP contribution in [-0.2, 0) is 9.53 Å². The number of amides is 2. The van der Waals surface area contributed by atoms with E-state index in [4.69, 9.17) is 4.74 Å². The van der Waals surface area contributed by atoms with Crippen molar-refractivity contribution in [2.75, 3.05) is 44.3 Å². The molecule has 1 atom stereocenters. The van der Waals surface area contributed by atoms with Gasteiger partial charge in [0.2, 0.25) is 0 Å². The smallest absolute Gasteiger partial charge is 0.256 e. The SMILES string of the molecule is C=CC(=O)N(c1ccccc1C(=O)N1CCOCC1)C1CCCNC1. The van der Waals surface area contributed by atoms with Crippen molar-refractivity contribution in [3.05, 3.63) is 42.5 Å². The van der Waals surface area contributed by atoms with E-state index in [1.165, 1.54) is 6.08 Å². The molecular formula is C19H25N3O3. The van der Waals surface area contributed by atoms with Crippen LogP contribution in [0.1, 0.15) is 23.2 Å². The molecule has 1 N–H and O–H groups in total. The second-order valence-electron chi connectivity index (χ2n) is 6.33. The summed E-state index contributed by atoms with van der Waals surface area (Å²) in [5.41, 5.74) is 1.22. The molecule has 1 aromatic rings. The Kier molecular flexibility index (Phi) is 5.83. The van der Waals surface area contributed by atoms with E-state index in [1.54, 1.807) is 15.9 Å². The summed E-state index contributed by atoms with van der Waals surface area (Å²) in [5, 5.41) is 3.34. The Bertz CT molecular complexity index is 635. The highest BCUT2D eigenvalue weighted by atomic mass is 16.5. The van der Waals surface area contributed by atoms with Gasteiger partial charge in [0.15, 0.2) is 0 Å². The highest BCUT2D eigenvalue weighted by Crippen LogP contribution is 2.27. The van der Waals surface area contributed by atoms with Gasteiger partial charge in [0, 0.05) is 25.7 Å². The Balaban J connectivity index is 1.94. The minimum absolute atomic E-state index is 0.0258. The number of anilines is 1. The molecule has 0 saturated carbocycles. The van der Waals surface area contributed by atoms with Gasteiger partial charge >= 0.3 is 0 Å². The number of carbonyl (C=O) groups is 2. The number of carbonyl (C=O) groups excluding carboxylic acids is 2. The van der Waals surface area contributed by atoms with Crippen LogP contribution < -0.4 is 10.2 Å². The van der Waals surface area contributed by atoms with Gasteiger partial charge in [-0.25, -0.2) is 0 Å². The topological polar surface area (TPSA) is 61.9 Å². The van der Waals surface area contributed by atoms with Crippen LogP contribution in [0.25, 0.3) is 0 Å². The number of para-hydroxylation sites is 1. The number of piperidine rings is 1. The number of benzene rings is 1. The quantitative estimate of drug-likeness (QED) is 0.840. The maximum Gasteiger partial charge on any atom is 0.256 e. The lowest BCUT2D eigenvalue weighted by Gasteiger charge is -2.36. The summed E-state index contributed by atoms with van der Waals surface area (Å²) < 4.78 is 5.33. The molecule has 1 aromatic carbocycles. The van der Waals surface area contributed by atoms with Crippen molar-refractivity contribution >= 4 is 17.5 Å². The first-order valence-corrected chi connectivity index (χ1v) is 8.84. The molecule has 2 saturated heterocycles. The van der Waals surface area contributed by atoms with E-state index in [1.807, 2.05) is 18.2 Å². The maximum atomic E-state index is 13.0. The van der Waals surface area contributed by atoms with Gasteiger partial charge in [-0.1, -0.05) is 18.7 Å². The van der Waals surface area contributed by atoms with E-state index < -0.39 is 0 Å². The molecular weight excluding hydrogens is 318 g/mol. The molecule has 134 valence electrons. The summed E-state index contributed by atoms with van der Waals surface area (Å²) in [4.78, 5) is 29.1. The minimum Gasteiger partial charge on any atom is -0.378 e. The number of nitrogens with one attached hydrogen (secondary N) is 1. The zero-order chi connectivity index (χ0) is 17.6. The van der Waals surface area contributed by atoms with Gasteiger partial charge < -0.3 is 19.9 Å². The third kappa shape index (κ3) is 3.91. The molecule has 0 radical (unpaired) electrons. The van der Waals surface area contributed by atoms with E-state index in [-0.39, 0.29) is 17.9 Å². The first-order chi connectivity index (χ1) is 12.2. The lowest BCUT2D eigenvalue weighted by Crippen LogP contribution is -2.49. The molecule has 2 aliphatic heterocycles. The summed E-state index contributed by atoms with van der Waals surface area (Å²) in [5.74, 6) is -0.222. The highest BCUT2D eigenvalue weighted by molar-refractivity contribution is 6.08. The second-order valence-corrected chi connectivity index (χ2v) is 6.33. The van der Waals surface area contributed by atoms with Crippen molar-refractivity contribution < 1.29 is 14.3 Å². The number of hydrogen-bond donors (Lipinski definition) is 1. The van der Waals surface area contributed by atoms with E-state index in [9.17, 15) is 9.59 Å². The average Bonchev–Trinajstić information content (AvgIpc) is 2.69. The molecule has 0 spiro atoms. The summed E-state index contributed by atoms with van der Waals surface area (Å²) in [6.07, 6.45) is 3.24. The lowest BCUT2D eigenvalue weighted by molar-refractivity contribution is -0.114. The predicted molar refractivity (Wildman–Crippen MR) is 96.7 cm³/mol. The minimum atomic E-state index is -0.170. The normalized spacial score (nSPS) is 20.8. The molecule has 0 bridgehead atoms. The molecule has 2 heterocycles. The van der Waals surface area contributed by atoms with Crippen LogP contribution in [0.4, 0.5) is 5.69 Å². The van der Waals surface area contributed by atoms with E-state index >= 15 is 0 Å². The molecule has 2 fully saturated rings. The first-order valence-electron chi connectivity index (χ1n) is 8.84. The van der Waals surface area contributed by atoms with Gasteiger partial charge in [-0.2, -0.15) is 0 Å². The lowest BCUT2D eigenvalue weighted by atomic mass is 10.0. The largest absolute Gasteiger partial charge is 0.378 e. The zero-order valence-electron chi connectivity index (χ0n) is 14.4. The van der Waals surface area contributed by atoms with E-state index in [0.717, 1.165) is 25.9 Å². The number of morpholine rings is 1. The Hall–Kier alpha value is -2.18. The molecule has 0 aromatic heterocycles. The number of ether oxygens (including phenoxy) is 1. The third-order valence-electron chi connectivity index (χ3n) is 4.74. The fraction of sp³-hybridized carbons (Fsp3) is 0.474. The summed E-state index contributed by atoms with van der Waals surface area (Å²) in [6, 6.07) is 7.38. The standard InChI is InChI=1S/C19H25N3O3/c1-2-18(23)22(15-6-5-9-20-14-15)17-8-4-3-7-16(17)19(24)21-10-12-25-13-11-21/h2-4,7-8,15,20H,1,5-6,9-14H2. The molecule has 2 aliphatic rings. The first kappa shape index (κ1) is 17.6. The Morgan fingerprint density at radius 3 is 2.72 bits per heavy atom. The highest BCUT2D eigenvalue weighted by Gasteiger charge is 2.30. The van der Waals surface area contributed by atoms with Crippen LogP contribution in [0.5, 0.6) is 0 Å². The second kappa shape index (κ2) is 8.27. The van der Waals surface area contributed by atoms with E-state index in [0.29, 0.717) is 37.6 Å². The van der Waals surface area contributed by atoms with Crippen molar-refractivity contribution in [1.82, 2.24) is 10.2 Å². The van der Waals surface area contributed by atoms with Crippen molar-refractivity contribution in [3.63, 3.8) is 0 Å². The van der Waals surface area contributed by atoms with Crippen LogP contribution in [0, 0.1) is 0 Å². The Morgan fingerprint density at radius 2 is 2.04 bits per heavy atom. The van der Waals surface area contributed by atoms with Crippen molar-refractivity contribution in [1.29, 1.82) is 0 Å². The van der Waals surface area contributed by atoms with Gasteiger partial charge in [-0.15, -0.1) is 0 Å². The third-order valence-corrected chi connectivity index (χ3v) is 4.74. The van der Waals surface area contributed by atoms with Gasteiger partial charge in [0.25, 0.3) is 11.8 Å². The molecule has 1 unspecified atom stereocenters. The van der Waals surface area contributed by atoms with Crippen molar-refractivity contribution in [2.24, 2.45) is 0 Å². The molecule has 25 heavy (non-hydrogen) atoms. The predicted octanol–water partition coefficient (Wildman–Crippen LogP) is 1.43. The monoisotopic (exact) mass is 343 g/mol. The van der Waals surface area contributed by atoms with Crippen molar-refractivity contribution in [2.45, 2.75) is 18.9 Å². The summed E-state index contributed by atoms with van der Waals surface area (Å²) in [7, 11) is 0.